The minimum atomic E-state index is -3.66. The Balaban J connectivity index is 1.46. The maximum absolute atomic E-state index is 13.1. The van der Waals surface area contributed by atoms with Gasteiger partial charge >= 0.3 is 0 Å². The van der Waals surface area contributed by atoms with E-state index in [1.807, 2.05) is 67.1 Å². The van der Waals surface area contributed by atoms with Crippen LogP contribution in [0.15, 0.2) is 83.9 Å². The van der Waals surface area contributed by atoms with E-state index < -0.39 is 10.0 Å². The smallest absolute Gasteiger partial charge is 0.268 e. The molecule has 2 heterocycles. The summed E-state index contributed by atoms with van der Waals surface area (Å²) in [6.45, 7) is 3.93. The second kappa shape index (κ2) is 7.24. The average molecular weight is 432 g/mol. The molecular formula is C23H21N5O2S. The van der Waals surface area contributed by atoms with Gasteiger partial charge in [0.1, 0.15) is 11.7 Å². The number of hydrogen-bond donors (Lipinski definition) is 1. The molecule has 0 spiro atoms. The summed E-state index contributed by atoms with van der Waals surface area (Å²) in [4.78, 5) is 0.268. The van der Waals surface area contributed by atoms with Crippen molar-refractivity contribution in [3.8, 4) is 0 Å². The standard InChI is InChI=1S/C23H21N5O2S/c1-16-7-10-20(11-8-16)31(29,30)27-14-13-18-15-19(9-12-22(18)27)24-17(2)28-23-6-4-3-5-21(23)25-26-28/h3-15,17,24H,1-2H3. The highest BCUT2D eigenvalue weighted by molar-refractivity contribution is 7.90. The third kappa shape index (κ3) is 3.34. The largest absolute Gasteiger partial charge is 0.364 e. The van der Waals surface area contributed by atoms with Crippen molar-refractivity contribution in [1.82, 2.24) is 19.0 Å². The number of rotatable bonds is 5. The van der Waals surface area contributed by atoms with Crippen molar-refractivity contribution in [2.24, 2.45) is 0 Å². The Bertz CT molecular complexity index is 1500. The molecule has 8 heteroatoms. The van der Waals surface area contributed by atoms with E-state index in [2.05, 4.69) is 15.6 Å². The van der Waals surface area contributed by atoms with Crippen molar-refractivity contribution in [2.45, 2.75) is 24.9 Å². The third-order valence-corrected chi connectivity index (χ3v) is 7.06. The van der Waals surface area contributed by atoms with Gasteiger partial charge in [-0.25, -0.2) is 17.1 Å². The number of anilines is 1. The first kappa shape index (κ1) is 19.3. The molecule has 5 aromatic rings. The molecule has 2 aromatic heterocycles. The van der Waals surface area contributed by atoms with Gasteiger partial charge in [0, 0.05) is 17.3 Å². The van der Waals surface area contributed by atoms with Crippen molar-refractivity contribution in [3.05, 3.63) is 84.6 Å². The Kier molecular flexibility index (Phi) is 4.51. The molecule has 0 aliphatic heterocycles. The highest BCUT2D eigenvalue weighted by Crippen LogP contribution is 2.26. The fourth-order valence-corrected chi connectivity index (χ4v) is 5.07. The van der Waals surface area contributed by atoms with Crippen LogP contribution in [0.3, 0.4) is 0 Å². The number of aromatic nitrogens is 4. The maximum Gasteiger partial charge on any atom is 0.268 e. The molecular weight excluding hydrogens is 410 g/mol. The van der Waals surface area contributed by atoms with Crippen LogP contribution >= 0.6 is 0 Å². The molecule has 7 nitrogen and oxygen atoms in total. The van der Waals surface area contributed by atoms with Crippen LogP contribution in [0, 0.1) is 6.92 Å². The number of fused-ring (bicyclic) bond motifs is 2. The van der Waals surface area contributed by atoms with Gasteiger partial charge in [0.15, 0.2) is 0 Å². The molecule has 1 atom stereocenters. The summed E-state index contributed by atoms with van der Waals surface area (Å²) in [5.74, 6) is 0. The summed E-state index contributed by atoms with van der Waals surface area (Å²) >= 11 is 0. The molecule has 0 aliphatic carbocycles. The maximum atomic E-state index is 13.1. The summed E-state index contributed by atoms with van der Waals surface area (Å²) < 4.78 is 29.3. The minimum absolute atomic E-state index is 0.136. The Hall–Kier alpha value is -3.65. The van der Waals surface area contributed by atoms with Gasteiger partial charge < -0.3 is 5.32 Å². The van der Waals surface area contributed by atoms with Crippen molar-refractivity contribution in [2.75, 3.05) is 5.32 Å². The van der Waals surface area contributed by atoms with Gasteiger partial charge in [-0.2, -0.15) is 0 Å². The molecule has 156 valence electrons. The predicted octanol–water partition coefficient (Wildman–Crippen LogP) is 4.56. The fourth-order valence-electron chi connectivity index (χ4n) is 3.72. The molecule has 1 N–H and O–H groups in total. The zero-order valence-electron chi connectivity index (χ0n) is 17.1. The van der Waals surface area contributed by atoms with Crippen LogP contribution in [-0.2, 0) is 10.0 Å². The first-order valence-electron chi connectivity index (χ1n) is 9.93. The molecule has 5 rings (SSSR count). The van der Waals surface area contributed by atoms with Crippen LogP contribution in [0.1, 0.15) is 18.7 Å². The summed E-state index contributed by atoms with van der Waals surface area (Å²) in [7, 11) is -3.66. The van der Waals surface area contributed by atoms with E-state index in [0.29, 0.717) is 5.52 Å². The Morgan fingerprint density at radius 2 is 1.71 bits per heavy atom. The van der Waals surface area contributed by atoms with E-state index in [9.17, 15) is 8.42 Å². The van der Waals surface area contributed by atoms with Gasteiger partial charge in [-0.15, -0.1) is 5.10 Å². The molecule has 0 saturated heterocycles. The second-order valence-electron chi connectivity index (χ2n) is 7.55. The predicted molar refractivity (Wildman–Crippen MR) is 122 cm³/mol. The number of nitrogens with one attached hydrogen (secondary N) is 1. The molecule has 0 amide bonds. The molecule has 0 aliphatic rings. The fraction of sp³-hybridized carbons (Fsp3) is 0.130. The third-order valence-electron chi connectivity index (χ3n) is 5.35. The Labute approximate surface area is 180 Å². The van der Waals surface area contributed by atoms with Gasteiger partial charge in [0.2, 0.25) is 0 Å². The van der Waals surface area contributed by atoms with Crippen LogP contribution in [-0.4, -0.2) is 27.4 Å². The summed E-state index contributed by atoms with van der Waals surface area (Å²) in [5.41, 5.74) is 4.29. The van der Waals surface area contributed by atoms with Gasteiger partial charge in [-0.1, -0.05) is 35.0 Å². The van der Waals surface area contributed by atoms with Gasteiger partial charge in [0.05, 0.1) is 15.9 Å². The molecule has 0 fully saturated rings. The highest BCUT2D eigenvalue weighted by Gasteiger charge is 2.19. The molecule has 3 aromatic carbocycles. The molecule has 0 saturated carbocycles. The minimum Gasteiger partial charge on any atom is -0.364 e. The highest BCUT2D eigenvalue weighted by atomic mass is 32.2. The number of aryl methyl sites for hydroxylation is 1. The number of nitrogens with zero attached hydrogens (tertiary/aromatic N) is 4. The van der Waals surface area contributed by atoms with E-state index in [-0.39, 0.29) is 11.1 Å². The first-order chi connectivity index (χ1) is 14.9. The number of para-hydroxylation sites is 1. The monoisotopic (exact) mass is 431 g/mol. The summed E-state index contributed by atoms with van der Waals surface area (Å²) in [6.07, 6.45) is 1.46. The van der Waals surface area contributed by atoms with Gasteiger partial charge in [-0.3, -0.25) is 0 Å². The lowest BCUT2D eigenvalue weighted by molar-refractivity contribution is 0.542. The van der Waals surface area contributed by atoms with Crippen LogP contribution < -0.4 is 5.32 Å². The summed E-state index contributed by atoms with van der Waals surface area (Å²) in [5, 5.41) is 12.7. The van der Waals surface area contributed by atoms with E-state index in [1.165, 1.54) is 3.97 Å². The Morgan fingerprint density at radius 1 is 0.935 bits per heavy atom. The molecule has 31 heavy (non-hydrogen) atoms. The quantitative estimate of drug-likeness (QED) is 0.441. The van der Waals surface area contributed by atoms with E-state index in [4.69, 9.17) is 0 Å². The van der Waals surface area contributed by atoms with Gasteiger partial charge in [0.25, 0.3) is 10.0 Å². The summed E-state index contributed by atoms with van der Waals surface area (Å²) in [6, 6.07) is 22.1. The van der Waals surface area contributed by atoms with Crippen LogP contribution in [0.2, 0.25) is 0 Å². The zero-order chi connectivity index (χ0) is 21.6. The van der Waals surface area contributed by atoms with E-state index >= 15 is 0 Å². The van der Waals surface area contributed by atoms with Crippen LogP contribution in [0.4, 0.5) is 5.69 Å². The number of benzene rings is 3. The molecule has 0 radical (unpaired) electrons. The lowest BCUT2D eigenvalue weighted by Crippen LogP contribution is -2.16. The lowest BCUT2D eigenvalue weighted by atomic mass is 10.2. The van der Waals surface area contributed by atoms with E-state index in [1.54, 1.807) is 30.5 Å². The van der Waals surface area contributed by atoms with E-state index in [0.717, 1.165) is 27.7 Å². The van der Waals surface area contributed by atoms with Crippen molar-refractivity contribution in [3.63, 3.8) is 0 Å². The topological polar surface area (TPSA) is 81.8 Å². The molecule has 0 bridgehead atoms. The Morgan fingerprint density at radius 3 is 2.52 bits per heavy atom. The molecule has 1 unspecified atom stereocenters. The second-order valence-corrected chi connectivity index (χ2v) is 9.36. The van der Waals surface area contributed by atoms with Crippen molar-refractivity contribution in [1.29, 1.82) is 0 Å². The van der Waals surface area contributed by atoms with Crippen molar-refractivity contribution < 1.29 is 8.42 Å². The first-order valence-corrected chi connectivity index (χ1v) is 11.4. The lowest BCUT2D eigenvalue weighted by Gasteiger charge is -2.16. The average Bonchev–Trinajstić information content (AvgIpc) is 3.38. The SMILES string of the molecule is Cc1ccc(S(=O)(=O)n2ccc3cc(NC(C)n4nnc5ccccc54)ccc32)cc1. The zero-order valence-corrected chi connectivity index (χ0v) is 17.9. The van der Waals surface area contributed by atoms with Crippen LogP contribution in [0.25, 0.3) is 21.9 Å². The normalized spacial score (nSPS) is 13.0. The van der Waals surface area contributed by atoms with Crippen LogP contribution in [0.5, 0.6) is 0 Å². The number of hydrogen-bond acceptors (Lipinski definition) is 5. The van der Waals surface area contributed by atoms with Gasteiger partial charge in [-0.05, 0) is 62.4 Å². The van der Waals surface area contributed by atoms with Crippen molar-refractivity contribution >= 4 is 37.6 Å².